The molecule has 0 radical (unpaired) electrons. The second-order valence-corrected chi connectivity index (χ2v) is 6.87. The Kier molecular flexibility index (Phi) is 5.38. The van der Waals surface area contributed by atoms with Crippen molar-refractivity contribution in [3.05, 3.63) is 48.2 Å². The third-order valence-corrected chi connectivity index (χ3v) is 4.60. The summed E-state index contributed by atoms with van der Waals surface area (Å²) in [6, 6.07) is 5.28. The van der Waals surface area contributed by atoms with Gasteiger partial charge in [-0.1, -0.05) is 24.8 Å². The first-order valence-electron chi connectivity index (χ1n) is 7.21. The van der Waals surface area contributed by atoms with Gasteiger partial charge < -0.3 is 4.74 Å². The van der Waals surface area contributed by atoms with Crippen LogP contribution in [0.2, 0.25) is 0 Å². The van der Waals surface area contributed by atoms with E-state index in [0.717, 1.165) is 0 Å². The molecular formula is C16H18N4O4S. The van der Waals surface area contributed by atoms with Crippen LogP contribution in [0.5, 0.6) is 5.88 Å². The third-order valence-electron chi connectivity index (χ3n) is 3.21. The smallest absolute Gasteiger partial charge is 0.335 e. The van der Waals surface area contributed by atoms with Crippen molar-refractivity contribution in [3.8, 4) is 5.88 Å². The van der Waals surface area contributed by atoms with Gasteiger partial charge in [0.1, 0.15) is 0 Å². The van der Waals surface area contributed by atoms with E-state index in [-0.39, 0.29) is 16.7 Å². The van der Waals surface area contributed by atoms with E-state index in [1.807, 2.05) is 4.72 Å². The number of carbonyl (C=O) groups is 1. The maximum atomic E-state index is 12.5. The Labute approximate surface area is 146 Å². The molecule has 1 aromatic carbocycles. The van der Waals surface area contributed by atoms with Crippen molar-refractivity contribution in [1.82, 2.24) is 14.7 Å². The fourth-order valence-corrected chi connectivity index (χ4v) is 3.25. The maximum absolute atomic E-state index is 12.5. The summed E-state index contributed by atoms with van der Waals surface area (Å²) in [5.74, 6) is 0.198. The highest BCUT2D eigenvalue weighted by molar-refractivity contribution is 7.90. The van der Waals surface area contributed by atoms with E-state index in [1.165, 1.54) is 19.4 Å². The lowest BCUT2D eigenvalue weighted by atomic mass is 10.1. The van der Waals surface area contributed by atoms with Gasteiger partial charge in [-0.05, 0) is 31.1 Å². The van der Waals surface area contributed by atoms with Crippen molar-refractivity contribution in [2.24, 2.45) is 0 Å². The SMILES string of the molecule is C=C(C)c1ccccc1S(=O)(=O)NC(=O)Nc1ncc(C)c(OC)n1. The van der Waals surface area contributed by atoms with E-state index in [4.69, 9.17) is 4.74 Å². The van der Waals surface area contributed by atoms with Crippen LogP contribution in [-0.2, 0) is 10.0 Å². The van der Waals surface area contributed by atoms with Crippen LogP contribution in [0.3, 0.4) is 0 Å². The van der Waals surface area contributed by atoms with Gasteiger partial charge in [0.05, 0.1) is 12.0 Å². The number of sulfonamides is 1. The molecule has 0 atom stereocenters. The molecule has 2 aromatic rings. The second kappa shape index (κ2) is 7.31. The average molecular weight is 362 g/mol. The number of ether oxygens (including phenoxy) is 1. The Morgan fingerprint density at radius 1 is 1.28 bits per heavy atom. The number of methoxy groups -OCH3 is 1. The highest BCUT2D eigenvalue weighted by Gasteiger charge is 2.21. The van der Waals surface area contributed by atoms with Crippen LogP contribution in [0.1, 0.15) is 18.1 Å². The highest BCUT2D eigenvalue weighted by Crippen LogP contribution is 2.21. The summed E-state index contributed by atoms with van der Waals surface area (Å²) >= 11 is 0. The summed E-state index contributed by atoms with van der Waals surface area (Å²) in [4.78, 5) is 19.8. The van der Waals surface area contributed by atoms with E-state index >= 15 is 0 Å². The Balaban J connectivity index is 2.21. The van der Waals surface area contributed by atoms with Crippen molar-refractivity contribution in [2.75, 3.05) is 12.4 Å². The number of hydrogen-bond acceptors (Lipinski definition) is 6. The molecule has 0 aliphatic heterocycles. The summed E-state index contributed by atoms with van der Waals surface area (Å²) in [5, 5.41) is 2.26. The van der Waals surface area contributed by atoms with Gasteiger partial charge in [-0.25, -0.2) is 22.9 Å². The number of carbonyl (C=O) groups excluding carboxylic acids is 1. The van der Waals surface area contributed by atoms with E-state index in [2.05, 4.69) is 21.9 Å². The molecule has 2 N–H and O–H groups in total. The molecule has 0 aliphatic rings. The molecule has 132 valence electrons. The van der Waals surface area contributed by atoms with E-state index < -0.39 is 16.1 Å². The topological polar surface area (TPSA) is 110 Å². The summed E-state index contributed by atoms with van der Waals surface area (Å²) in [7, 11) is -2.66. The van der Waals surface area contributed by atoms with Crippen LogP contribution >= 0.6 is 0 Å². The Hall–Kier alpha value is -2.94. The molecule has 0 bridgehead atoms. The molecule has 25 heavy (non-hydrogen) atoms. The van der Waals surface area contributed by atoms with Crippen LogP contribution in [0.4, 0.5) is 10.7 Å². The predicted molar refractivity (Wildman–Crippen MR) is 93.8 cm³/mol. The minimum atomic E-state index is -4.09. The minimum absolute atomic E-state index is 0.0416. The molecule has 0 saturated heterocycles. The van der Waals surface area contributed by atoms with Gasteiger partial charge in [-0.2, -0.15) is 4.98 Å². The number of aromatic nitrogens is 2. The van der Waals surface area contributed by atoms with Gasteiger partial charge in [0.25, 0.3) is 10.0 Å². The molecule has 0 aliphatic carbocycles. The molecule has 0 spiro atoms. The van der Waals surface area contributed by atoms with Crippen molar-refractivity contribution in [2.45, 2.75) is 18.7 Å². The zero-order chi connectivity index (χ0) is 18.6. The van der Waals surface area contributed by atoms with E-state index in [9.17, 15) is 13.2 Å². The summed E-state index contributed by atoms with van der Waals surface area (Å²) < 4.78 is 31.9. The number of rotatable bonds is 5. The Bertz CT molecular complexity index is 925. The van der Waals surface area contributed by atoms with Crippen molar-refractivity contribution >= 4 is 27.6 Å². The van der Waals surface area contributed by atoms with E-state index in [1.54, 1.807) is 32.0 Å². The van der Waals surface area contributed by atoms with Crippen molar-refractivity contribution < 1.29 is 17.9 Å². The number of nitrogens with one attached hydrogen (secondary N) is 2. The fraction of sp³-hybridized carbons (Fsp3) is 0.188. The average Bonchev–Trinajstić information content (AvgIpc) is 2.56. The number of urea groups is 1. The normalized spacial score (nSPS) is 10.8. The monoisotopic (exact) mass is 362 g/mol. The van der Waals surface area contributed by atoms with E-state index in [0.29, 0.717) is 16.7 Å². The first-order chi connectivity index (χ1) is 11.7. The number of nitrogens with zero attached hydrogens (tertiary/aromatic N) is 2. The van der Waals surface area contributed by atoms with Crippen LogP contribution in [0.25, 0.3) is 5.57 Å². The fourth-order valence-electron chi connectivity index (χ4n) is 2.05. The number of anilines is 1. The third kappa shape index (κ3) is 4.32. The van der Waals surface area contributed by atoms with Gasteiger partial charge >= 0.3 is 6.03 Å². The number of benzene rings is 1. The Morgan fingerprint density at radius 2 is 1.96 bits per heavy atom. The second-order valence-electron chi connectivity index (χ2n) is 5.22. The van der Waals surface area contributed by atoms with Gasteiger partial charge in [0.15, 0.2) is 0 Å². The lowest BCUT2D eigenvalue weighted by Gasteiger charge is -2.12. The summed E-state index contributed by atoms with van der Waals surface area (Å²) in [6.45, 7) is 7.17. The predicted octanol–water partition coefficient (Wildman–Crippen LogP) is 2.34. The lowest BCUT2D eigenvalue weighted by Crippen LogP contribution is -2.35. The quantitative estimate of drug-likeness (QED) is 0.845. The Morgan fingerprint density at radius 3 is 2.60 bits per heavy atom. The zero-order valence-electron chi connectivity index (χ0n) is 14.0. The molecule has 8 nitrogen and oxygen atoms in total. The summed E-state index contributed by atoms with van der Waals surface area (Å²) in [6.07, 6.45) is 1.45. The molecule has 0 unspecified atom stereocenters. The molecular weight excluding hydrogens is 344 g/mol. The maximum Gasteiger partial charge on any atom is 0.335 e. The lowest BCUT2D eigenvalue weighted by molar-refractivity contribution is 0.256. The molecule has 1 heterocycles. The number of allylic oxidation sites excluding steroid dienone is 1. The van der Waals surface area contributed by atoms with Gasteiger partial charge in [0, 0.05) is 11.8 Å². The number of amides is 2. The molecule has 9 heteroatoms. The van der Waals surface area contributed by atoms with Crippen LogP contribution in [-0.4, -0.2) is 31.5 Å². The zero-order valence-corrected chi connectivity index (χ0v) is 14.8. The van der Waals surface area contributed by atoms with Crippen LogP contribution in [0, 0.1) is 6.92 Å². The number of aryl methyl sites for hydroxylation is 1. The molecule has 0 fully saturated rings. The standard InChI is InChI=1S/C16H18N4O4S/c1-10(2)12-7-5-6-8-13(12)25(22,23)20-16(21)19-15-17-9-11(3)14(18-15)24-4/h5-9H,1H2,2-4H3,(H2,17,18,19,20,21). The summed E-state index contributed by atoms with van der Waals surface area (Å²) in [5.41, 5.74) is 1.67. The van der Waals surface area contributed by atoms with Crippen LogP contribution < -0.4 is 14.8 Å². The minimum Gasteiger partial charge on any atom is -0.481 e. The highest BCUT2D eigenvalue weighted by atomic mass is 32.2. The van der Waals surface area contributed by atoms with Gasteiger partial charge in [-0.15, -0.1) is 0 Å². The molecule has 2 amide bonds. The van der Waals surface area contributed by atoms with Gasteiger partial charge in [0.2, 0.25) is 11.8 Å². The molecule has 1 aromatic heterocycles. The molecule has 0 saturated carbocycles. The molecule has 2 rings (SSSR count). The first-order valence-corrected chi connectivity index (χ1v) is 8.69. The first kappa shape index (κ1) is 18.4. The number of hydrogen-bond donors (Lipinski definition) is 2. The van der Waals surface area contributed by atoms with Crippen LogP contribution in [0.15, 0.2) is 41.9 Å². The van der Waals surface area contributed by atoms with Crippen molar-refractivity contribution in [3.63, 3.8) is 0 Å². The van der Waals surface area contributed by atoms with Gasteiger partial charge in [-0.3, -0.25) is 5.32 Å². The van der Waals surface area contributed by atoms with Crippen molar-refractivity contribution in [1.29, 1.82) is 0 Å². The largest absolute Gasteiger partial charge is 0.481 e.